The van der Waals surface area contributed by atoms with Gasteiger partial charge in [-0.3, -0.25) is 9.36 Å². The van der Waals surface area contributed by atoms with Crippen LogP contribution < -0.4 is 5.56 Å². The van der Waals surface area contributed by atoms with E-state index in [2.05, 4.69) is 17.1 Å². The highest BCUT2D eigenvalue weighted by Gasteiger charge is 2.22. The first-order valence-corrected chi connectivity index (χ1v) is 11.4. The van der Waals surface area contributed by atoms with Gasteiger partial charge in [0.1, 0.15) is 4.83 Å². The summed E-state index contributed by atoms with van der Waals surface area (Å²) >= 11 is 3.21. The van der Waals surface area contributed by atoms with Gasteiger partial charge in [-0.05, 0) is 44.6 Å². The summed E-state index contributed by atoms with van der Waals surface area (Å²) in [5.41, 5.74) is 1.38. The Labute approximate surface area is 166 Å². The highest BCUT2D eigenvalue weighted by Crippen LogP contribution is 2.35. The molecule has 0 atom stereocenters. The lowest BCUT2D eigenvalue weighted by Crippen LogP contribution is -2.24. The van der Waals surface area contributed by atoms with Gasteiger partial charge in [0.15, 0.2) is 11.0 Å². The highest BCUT2D eigenvalue weighted by molar-refractivity contribution is 7.98. The summed E-state index contributed by atoms with van der Waals surface area (Å²) in [6.07, 6.45) is 7.69. The van der Waals surface area contributed by atoms with Crippen LogP contribution in [0.3, 0.4) is 0 Å². The maximum atomic E-state index is 13.4. The van der Waals surface area contributed by atoms with Gasteiger partial charge < -0.3 is 4.52 Å². The maximum Gasteiger partial charge on any atom is 0.263 e. The molecule has 0 fully saturated rings. The van der Waals surface area contributed by atoms with Crippen molar-refractivity contribution in [2.75, 3.05) is 0 Å². The lowest BCUT2D eigenvalue weighted by molar-refractivity contribution is 0.387. The molecule has 0 saturated carbocycles. The summed E-state index contributed by atoms with van der Waals surface area (Å²) in [7, 11) is 0. The van der Waals surface area contributed by atoms with Gasteiger partial charge >= 0.3 is 0 Å². The first-order valence-electron chi connectivity index (χ1n) is 9.64. The van der Waals surface area contributed by atoms with Crippen LogP contribution >= 0.6 is 23.1 Å². The van der Waals surface area contributed by atoms with Gasteiger partial charge in [0.05, 0.1) is 11.1 Å². The van der Waals surface area contributed by atoms with E-state index >= 15 is 0 Å². The molecule has 0 saturated heterocycles. The molecule has 0 aromatic carbocycles. The Bertz CT molecular complexity index is 1010. The third-order valence-electron chi connectivity index (χ3n) is 4.92. The first kappa shape index (κ1) is 18.7. The number of aryl methyl sites for hydroxylation is 3. The normalized spacial score (nSPS) is 14.0. The molecule has 1 aliphatic rings. The summed E-state index contributed by atoms with van der Waals surface area (Å²) in [6, 6.07) is 0. The molecule has 6 nitrogen and oxygen atoms in total. The minimum absolute atomic E-state index is 0.125. The van der Waals surface area contributed by atoms with Crippen molar-refractivity contribution in [1.82, 2.24) is 19.7 Å². The third kappa shape index (κ3) is 3.82. The number of nitrogens with zero attached hydrogens (tertiary/aromatic N) is 4. The Morgan fingerprint density at radius 2 is 2.07 bits per heavy atom. The van der Waals surface area contributed by atoms with E-state index in [-0.39, 0.29) is 5.56 Å². The zero-order chi connectivity index (χ0) is 18.8. The van der Waals surface area contributed by atoms with E-state index in [0.717, 1.165) is 47.5 Å². The maximum absolute atomic E-state index is 13.4. The molecule has 144 valence electrons. The zero-order valence-corrected chi connectivity index (χ0v) is 17.4. The first-order chi connectivity index (χ1) is 13.2. The predicted molar refractivity (Wildman–Crippen MR) is 109 cm³/mol. The molecule has 4 rings (SSSR count). The lowest BCUT2D eigenvalue weighted by atomic mass is 9.97. The van der Waals surface area contributed by atoms with Crippen molar-refractivity contribution in [2.24, 2.45) is 0 Å². The van der Waals surface area contributed by atoms with Crippen LogP contribution in [0.5, 0.6) is 0 Å². The fraction of sp³-hybridized carbons (Fsp3) is 0.579. The van der Waals surface area contributed by atoms with Crippen LogP contribution in [0, 0.1) is 6.92 Å². The molecule has 8 heteroatoms. The smallest absolute Gasteiger partial charge is 0.263 e. The molecule has 0 N–H and O–H groups in total. The number of thiophene rings is 1. The molecule has 27 heavy (non-hydrogen) atoms. The van der Waals surface area contributed by atoms with E-state index in [9.17, 15) is 4.79 Å². The van der Waals surface area contributed by atoms with Gasteiger partial charge in [0, 0.05) is 11.4 Å². The molecule has 1 aliphatic carbocycles. The number of fused-ring (bicyclic) bond motifs is 3. The van der Waals surface area contributed by atoms with Crippen LogP contribution in [0.4, 0.5) is 0 Å². The summed E-state index contributed by atoms with van der Waals surface area (Å²) in [4.78, 5) is 24.8. The molecule has 3 aromatic rings. The topological polar surface area (TPSA) is 73.8 Å². The van der Waals surface area contributed by atoms with Crippen molar-refractivity contribution in [3.05, 3.63) is 32.5 Å². The molecule has 3 aromatic heterocycles. The Kier molecular flexibility index (Phi) is 5.63. The van der Waals surface area contributed by atoms with Crippen LogP contribution in [0.25, 0.3) is 10.2 Å². The average molecular weight is 405 g/mol. The molecule has 0 bridgehead atoms. The van der Waals surface area contributed by atoms with Gasteiger partial charge in [-0.1, -0.05) is 36.7 Å². The van der Waals surface area contributed by atoms with Crippen molar-refractivity contribution in [1.29, 1.82) is 0 Å². The van der Waals surface area contributed by atoms with Crippen molar-refractivity contribution >= 4 is 33.3 Å². The van der Waals surface area contributed by atoms with Crippen LogP contribution in [0.2, 0.25) is 0 Å². The largest absolute Gasteiger partial charge is 0.338 e. The molecule has 0 unspecified atom stereocenters. The fourth-order valence-electron chi connectivity index (χ4n) is 3.57. The average Bonchev–Trinajstić information content (AvgIpc) is 3.25. The predicted octanol–water partition coefficient (Wildman–Crippen LogP) is 4.51. The molecular formula is C19H24N4O2S2. The van der Waals surface area contributed by atoms with E-state index < -0.39 is 0 Å². The second kappa shape index (κ2) is 8.14. The van der Waals surface area contributed by atoms with Crippen LogP contribution in [0.1, 0.15) is 61.2 Å². The Morgan fingerprint density at radius 3 is 2.85 bits per heavy atom. The third-order valence-corrected chi connectivity index (χ3v) is 7.07. The Hall–Kier alpha value is -1.67. The minimum Gasteiger partial charge on any atom is -0.338 e. The summed E-state index contributed by atoms with van der Waals surface area (Å²) < 4.78 is 7.08. The number of unbranched alkanes of at least 4 members (excludes halogenated alkanes) is 2. The molecule has 0 spiro atoms. The van der Waals surface area contributed by atoms with Gasteiger partial charge in [0.2, 0.25) is 5.89 Å². The number of aromatic nitrogens is 4. The van der Waals surface area contributed by atoms with E-state index in [0.29, 0.717) is 24.0 Å². The van der Waals surface area contributed by atoms with Crippen LogP contribution in [-0.2, 0) is 25.1 Å². The summed E-state index contributed by atoms with van der Waals surface area (Å²) in [6.45, 7) is 4.69. The molecule has 0 radical (unpaired) electrons. The van der Waals surface area contributed by atoms with Gasteiger partial charge in [-0.15, -0.1) is 11.3 Å². The zero-order valence-electron chi connectivity index (χ0n) is 15.8. The van der Waals surface area contributed by atoms with Crippen molar-refractivity contribution in [2.45, 2.75) is 76.2 Å². The second-order valence-electron chi connectivity index (χ2n) is 6.97. The van der Waals surface area contributed by atoms with E-state index in [1.54, 1.807) is 18.3 Å². The SMILES string of the molecule is CCCCCn1c(SCc2nc(C)no2)nc2sc3c(c2c1=O)CCCC3. The summed E-state index contributed by atoms with van der Waals surface area (Å²) in [5.74, 6) is 1.72. The fourth-order valence-corrected chi connectivity index (χ4v) is 5.74. The van der Waals surface area contributed by atoms with Crippen molar-refractivity contribution in [3.8, 4) is 0 Å². The molecular weight excluding hydrogens is 380 g/mol. The highest BCUT2D eigenvalue weighted by atomic mass is 32.2. The second-order valence-corrected chi connectivity index (χ2v) is 9.00. The quantitative estimate of drug-likeness (QED) is 0.328. The van der Waals surface area contributed by atoms with E-state index in [4.69, 9.17) is 9.51 Å². The lowest BCUT2D eigenvalue weighted by Gasteiger charge is -2.13. The molecule has 0 aliphatic heterocycles. The standard InChI is InChI=1S/C19H24N4O2S2/c1-3-4-7-10-23-18(24)16-13-8-5-6-9-14(13)27-17(16)21-19(23)26-11-15-20-12(2)22-25-15/h3-11H2,1-2H3. The molecule has 0 amide bonds. The monoisotopic (exact) mass is 404 g/mol. The van der Waals surface area contributed by atoms with Crippen molar-refractivity contribution in [3.63, 3.8) is 0 Å². The van der Waals surface area contributed by atoms with E-state index in [1.165, 1.54) is 35.0 Å². The Morgan fingerprint density at radius 1 is 1.22 bits per heavy atom. The van der Waals surface area contributed by atoms with E-state index in [1.807, 2.05) is 4.57 Å². The Balaban J connectivity index is 1.72. The number of rotatable bonds is 7. The summed E-state index contributed by atoms with van der Waals surface area (Å²) in [5, 5.41) is 5.46. The van der Waals surface area contributed by atoms with Crippen LogP contribution in [0.15, 0.2) is 14.5 Å². The number of hydrogen-bond donors (Lipinski definition) is 0. The minimum atomic E-state index is 0.125. The number of hydrogen-bond acceptors (Lipinski definition) is 7. The van der Waals surface area contributed by atoms with Crippen LogP contribution in [-0.4, -0.2) is 19.7 Å². The van der Waals surface area contributed by atoms with Gasteiger partial charge in [0.25, 0.3) is 5.56 Å². The van der Waals surface area contributed by atoms with Gasteiger partial charge in [-0.2, -0.15) is 4.98 Å². The van der Waals surface area contributed by atoms with Crippen molar-refractivity contribution < 1.29 is 4.52 Å². The van der Waals surface area contributed by atoms with Gasteiger partial charge in [-0.25, -0.2) is 4.98 Å². The molecule has 3 heterocycles. The number of thioether (sulfide) groups is 1.